The topological polar surface area (TPSA) is 35.5 Å². The lowest BCUT2D eigenvalue weighted by molar-refractivity contribution is 0.0877. The molecule has 0 atom stereocenters. The third kappa shape index (κ3) is 5.13. The fourth-order valence-electron chi connectivity index (χ4n) is 2.03. The van der Waals surface area contributed by atoms with Gasteiger partial charge in [0.1, 0.15) is 11.9 Å². The average Bonchev–Trinajstić information content (AvgIpc) is 2.63. The van der Waals surface area contributed by atoms with Crippen molar-refractivity contribution in [3.63, 3.8) is 0 Å². The van der Waals surface area contributed by atoms with Crippen molar-refractivity contribution >= 4 is 5.78 Å². The Morgan fingerprint density at radius 2 is 1.42 bits per heavy atom. The summed E-state index contributed by atoms with van der Waals surface area (Å²) in [4.78, 5) is 11.8. The summed E-state index contributed by atoms with van der Waals surface area (Å²) in [5, 5.41) is 0. The Kier molecular flexibility index (Phi) is 5.96. The lowest BCUT2D eigenvalue weighted by Crippen LogP contribution is -2.20. The van der Waals surface area contributed by atoms with Crippen LogP contribution in [0.2, 0.25) is 0 Å². The largest absolute Gasteiger partial charge is 0.494 e. The van der Waals surface area contributed by atoms with Gasteiger partial charge in [0.15, 0.2) is 11.5 Å². The Morgan fingerprint density at radius 3 is 1.79 bits per heavy atom. The van der Waals surface area contributed by atoms with Gasteiger partial charge in [0.25, 0.3) is 0 Å². The van der Waals surface area contributed by atoms with Crippen LogP contribution >= 0.6 is 0 Å². The molecule has 3 rings (SSSR count). The summed E-state index contributed by atoms with van der Waals surface area (Å²) in [5.74, 6) is 0.838. The van der Waals surface area contributed by atoms with Crippen LogP contribution in [-0.4, -0.2) is 18.5 Å². The average molecular weight is 322 g/mol. The third-order valence-electron chi connectivity index (χ3n) is 3.44. The van der Waals surface area contributed by atoms with Crippen LogP contribution in [-0.2, 0) is 9.47 Å². The van der Waals surface area contributed by atoms with Crippen molar-refractivity contribution < 1.29 is 14.3 Å². The molecular weight excluding hydrogens is 300 g/mol. The monoisotopic (exact) mass is 322 g/mol. The Balaban J connectivity index is 0.000000185. The summed E-state index contributed by atoms with van der Waals surface area (Å²) in [6.45, 7) is 3.98. The number of allylic oxidation sites excluding steroid dienone is 1. The predicted octanol–water partition coefficient (Wildman–Crippen LogP) is 4.76. The van der Waals surface area contributed by atoms with Crippen LogP contribution < -0.4 is 0 Å². The van der Waals surface area contributed by atoms with Gasteiger partial charge >= 0.3 is 0 Å². The van der Waals surface area contributed by atoms with Crippen LogP contribution in [0.3, 0.4) is 0 Å². The lowest BCUT2D eigenvalue weighted by Gasteiger charge is -2.23. The van der Waals surface area contributed by atoms with E-state index in [0.717, 1.165) is 16.9 Å². The van der Waals surface area contributed by atoms with Gasteiger partial charge in [0.2, 0.25) is 0 Å². The normalized spacial score (nSPS) is 14.5. The molecular formula is C21H22O3. The quantitative estimate of drug-likeness (QED) is 0.765. The van der Waals surface area contributed by atoms with E-state index in [9.17, 15) is 4.79 Å². The fourth-order valence-corrected chi connectivity index (χ4v) is 2.03. The molecule has 0 saturated heterocycles. The van der Waals surface area contributed by atoms with Gasteiger partial charge in [0, 0.05) is 11.1 Å². The van der Waals surface area contributed by atoms with Gasteiger partial charge < -0.3 is 9.47 Å². The van der Waals surface area contributed by atoms with Gasteiger partial charge in [0.05, 0.1) is 7.11 Å². The zero-order chi connectivity index (χ0) is 17.4. The van der Waals surface area contributed by atoms with E-state index in [1.54, 1.807) is 13.4 Å². The maximum absolute atomic E-state index is 11.8. The molecule has 0 N–H and O–H groups in total. The molecule has 0 spiro atoms. The minimum absolute atomic E-state index is 0.0752. The number of methoxy groups -OCH3 is 1. The van der Waals surface area contributed by atoms with E-state index in [-0.39, 0.29) is 11.4 Å². The smallest absolute Gasteiger partial charge is 0.193 e. The van der Waals surface area contributed by atoms with E-state index in [1.165, 1.54) is 0 Å². The predicted molar refractivity (Wildman–Crippen MR) is 95.7 cm³/mol. The summed E-state index contributed by atoms with van der Waals surface area (Å²) in [7, 11) is 1.62. The molecule has 0 saturated carbocycles. The molecule has 2 aromatic carbocycles. The van der Waals surface area contributed by atoms with Gasteiger partial charge in [-0.05, 0) is 26.0 Å². The van der Waals surface area contributed by atoms with E-state index in [4.69, 9.17) is 9.47 Å². The van der Waals surface area contributed by atoms with E-state index >= 15 is 0 Å². The molecule has 2 aromatic rings. The molecule has 0 aromatic heterocycles. The summed E-state index contributed by atoms with van der Waals surface area (Å²) in [6.07, 6.45) is 5.50. The molecule has 1 aliphatic rings. The first-order valence-electron chi connectivity index (χ1n) is 7.78. The zero-order valence-corrected chi connectivity index (χ0v) is 14.2. The van der Waals surface area contributed by atoms with Gasteiger partial charge in [-0.2, -0.15) is 0 Å². The maximum Gasteiger partial charge on any atom is 0.193 e. The second-order valence-corrected chi connectivity index (χ2v) is 5.84. The Labute approximate surface area is 143 Å². The van der Waals surface area contributed by atoms with Crippen LogP contribution in [0.15, 0.2) is 84.8 Å². The van der Waals surface area contributed by atoms with Crippen LogP contribution in [0.25, 0.3) is 0 Å². The van der Waals surface area contributed by atoms with Crippen LogP contribution in [0.1, 0.15) is 29.8 Å². The Hall–Kier alpha value is -2.81. The molecule has 3 heteroatoms. The zero-order valence-electron chi connectivity index (χ0n) is 14.2. The Bertz CT molecular complexity index is 672. The number of benzene rings is 2. The molecule has 0 unspecified atom stereocenters. The molecule has 24 heavy (non-hydrogen) atoms. The first-order valence-corrected chi connectivity index (χ1v) is 7.78. The van der Waals surface area contributed by atoms with Crippen molar-refractivity contribution in [1.29, 1.82) is 0 Å². The van der Waals surface area contributed by atoms with Crippen LogP contribution in [0.5, 0.6) is 0 Å². The van der Waals surface area contributed by atoms with E-state index in [0.29, 0.717) is 0 Å². The van der Waals surface area contributed by atoms with Gasteiger partial charge in [-0.25, -0.2) is 0 Å². The molecule has 0 bridgehead atoms. The SMILES string of the molecule is COC1=COC(C)(C)C=C1.O=C(c1ccccc1)c1ccccc1. The molecule has 0 amide bonds. The lowest BCUT2D eigenvalue weighted by atomic mass is 10.0. The van der Waals surface area contributed by atoms with Crippen molar-refractivity contribution in [1.82, 2.24) is 0 Å². The summed E-state index contributed by atoms with van der Waals surface area (Å²) in [6, 6.07) is 18.6. The fraction of sp³-hybridized carbons (Fsp3) is 0.190. The van der Waals surface area contributed by atoms with Crippen molar-refractivity contribution in [2.45, 2.75) is 19.4 Å². The highest BCUT2D eigenvalue weighted by Crippen LogP contribution is 2.18. The van der Waals surface area contributed by atoms with E-state index in [2.05, 4.69) is 0 Å². The number of hydrogen-bond donors (Lipinski definition) is 0. The van der Waals surface area contributed by atoms with Crippen molar-refractivity contribution in [3.8, 4) is 0 Å². The molecule has 0 fully saturated rings. The van der Waals surface area contributed by atoms with Gasteiger partial charge in [-0.3, -0.25) is 4.79 Å². The van der Waals surface area contributed by atoms with Gasteiger partial charge in [-0.15, -0.1) is 0 Å². The number of hydrogen-bond acceptors (Lipinski definition) is 3. The van der Waals surface area contributed by atoms with Crippen molar-refractivity contribution in [3.05, 3.63) is 96.0 Å². The van der Waals surface area contributed by atoms with Crippen molar-refractivity contribution in [2.75, 3.05) is 7.11 Å². The summed E-state index contributed by atoms with van der Waals surface area (Å²) < 4.78 is 10.2. The second-order valence-electron chi connectivity index (χ2n) is 5.84. The number of carbonyl (C=O) groups is 1. The summed E-state index contributed by atoms with van der Waals surface area (Å²) in [5.41, 5.74) is 1.29. The van der Waals surface area contributed by atoms with Crippen LogP contribution in [0, 0.1) is 0 Å². The maximum atomic E-state index is 11.8. The standard InChI is InChI=1S/C13H10O.C8H12O2/c14-13(11-7-3-1-4-8-11)12-9-5-2-6-10-12;1-8(2)5-4-7(9-3)6-10-8/h1-10H;4-6H,1-3H3. The molecule has 0 aliphatic carbocycles. The molecule has 1 heterocycles. The van der Waals surface area contributed by atoms with Crippen LogP contribution in [0.4, 0.5) is 0 Å². The first kappa shape index (κ1) is 17.5. The Morgan fingerprint density at radius 1 is 0.917 bits per heavy atom. The molecule has 124 valence electrons. The number of ketones is 1. The highest BCUT2D eigenvalue weighted by molar-refractivity contribution is 6.08. The first-order chi connectivity index (χ1) is 11.5. The highest BCUT2D eigenvalue weighted by atomic mass is 16.5. The second kappa shape index (κ2) is 8.16. The molecule has 0 radical (unpaired) electrons. The van der Waals surface area contributed by atoms with Crippen molar-refractivity contribution in [2.24, 2.45) is 0 Å². The minimum Gasteiger partial charge on any atom is -0.494 e. The minimum atomic E-state index is -0.179. The van der Waals surface area contributed by atoms with E-state index in [1.807, 2.05) is 86.7 Å². The number of rotatable bonds is 3. The molecule has 3 nitrogen and oxygen atoms in total. The van der Waals surface area contributed by atoms with E-state index < -0.39 is 0 Å². The third-order valence-corrected chi connectivity index (χ3v) is 3.44. The number of carbonyl (C=O) groups excluding carboxylic acids is 1. The number of ether oxygens (including phenoxy) is 2. The molecule has 1 aliphatic heterocycles. The highest BCUT2D eigenvalue weighted by Gasteiger charge is 2.16. The van der Waals surface area contributed by atoms with Gasteiger partial charge in [-0.1, -0.05) is 60.7 Å². The summed E-state index contributed by atoms with van der Waals surface area (Å²) >= 11 is 0.